The number of carboxylic acids is 1. The van der Waals surface area contributed by atoms with E-state index in [0.717, 1.165) is 11.1 Å². The molecule has 0 aliphatic rings. The van der Waals surface area contributed by atoms with Crippen LogP contribution in [0.4, 0.5) is 4.39 Å². The van der Waals surface area contributed by atoms with Crippen LogP contribution in [-0.4, -0.2) is 36.1 Å². The van der Waals surface area contributed by atoms with Crippen molar-refractivity contribution >= 4 is 17.6 Å². The van der Waals surface area contributed by atoms with Crippen LogP contribution in [0.25, 0.3) is 0 Å². The first-order valence-electron chi connectivity index (χ1n) is 8.82. The number of hydrogen-bond donors (Lipinski definition) is 1. The van der Waals surface area contributed by atoms with Gasteiger partial charge in [0.25, 0.3) is 0 Å². The van der Waals surface area contributed by atoms with E-state index in [-0.39, 0.29) is 25.6 Å². The van der Waals surface area contributed by atoms with Crippen LogP contribution in [0.2, 0.25) is 5.02 Å². The lowest BCUT2D eigenvalue weighted by Gasteiger charge is -2.17. The van der Waals surface area contributed by atoms with Gasteiger partial charge in [-0.1, -0.05) is 35.9 Å². The molecule has 0 aromatic heterocycles. The van der Waals surface area contributed by atoms with E-state index in [4.69, 9.17) is 21.1 Å². The number of alkyl halides is 1. The largest absolute Gasteiger partial charge is 0.491 e. The number of carbonyl (C=O) groups is 1. The quantitative estimate of drug-likeness (QED) is 0.633. The minimum Gasteiger partial charge on any atom is -0.491 e. The lowest BCUT2D eigenvalue weighted by atomic mass is 10.0. The fourth-order valence-electron chi connectivity index (χ4n) is 2.65. The minimum atomic E-state index is -1.18. The zero-order valence-corrected chi connectivity index (χ0v) is 16.2. The molecule has 0 fully saturated rings. The van der Waals surface area contributed by atoms with Crippen LogP contribution >= 0.6 is 11.6 Å². The highest BCUT2D eigenvalue weighted by Crippen LogP contribution is 2.17. The van der Waals surface area contributed by atoms with Crippen molar-refractivity contribution in [2.24, 2.45) is 0 Å². The Morgan fingerprint density at radius 3 is 2.33 bits per heavy atom. The molecule has 2 aromatic rings. The summed E-state index contributed by atoms with van der Waals surface area (Å²) >= 11 is 5.80. The fraction of sp³-hybridized carbons (Fsp3) is 0.381. The molecule has 0 bridgehead atoms. The Morgan fingerprint density at radius 2 is 1.74 bits per heavy atom. The number of rotatable bonds is 10. The molecule has 1 N–H and O–H groups in total. The Balaban J connectivity index is 1.91. The number of benzene rings is 2. The average Bonchev–Trinajstić information content (AvgIpc) is 2.60. The maximum Gasteiger partial charge on any atom is 0.333 e. The Labute approximate surface area is 163 Å². The van der Waals surface area contributed by atoms with Gasteiger partial charge in [0.15, 0.2) is 6.10 Å². The predicted octanol–water partition coefficient (Wildman–Crippen LogP) is 4.72. The molecule has 4 nitrogen and oxygen atoms in total. The first-order chi connectivity index (χ1) is 12.8. The standard InChI is InChI=1S/C21H24ClFO4/c1-14(2)27-20(21(24)25)12-16-5-3-4-15(10-16)11-18(23)13-26-19-8-6-17(22)7-9-19/h3-10,14,18,20H,11-13H2,1-2H3,(H,24,25)/t18-,20+/m1/s1. The molecule has 6 heteroatoms. The van der Waals surface area contributed by atoms with Crippen LogP contribution in [0, 0.1) is 0 Å². The summed E-state index contributed by atoms with van der Waals surface area (Å²) in [5.74, 6) is -0.445. The molecule has 27 heavy (non-hydrogen) atoms. The molecule has 0 amide bonds. The summed E-state index contributed by atoms with van der Waals surface area (Å²) in [6, 6.07) is 14.0. The van der Waals surface area contributed by atoms with Gasteiger partial charge in [-0.2, -0.15) is 0 Å². The van der Waals surface area contributed by atoms with Gasteiger partial charge in [-0.05, 0) is 49.2 Å². The van der Waals surface area contributed by atoms with Crippen molar-refractivity contribution in [3.63, 3.8) is 0 Å². The molecule has 0 aliphatic carbocycles. The number of hydrogen-bond acceptors (Lipinski definition) is 3. The number of aliphatic carboxylic acids is 1. The second kappa shape index (κ2) is 10.3. The van der Waals surface area contributed by atoms with Gasteiger partial charge >= 0.3 is 5.97 Å². The van der Waals surface area contributed by atoms with Gasteiger partial charge in [0.1, 0.15) is 18.5 Å². The number of carboxylic acid groups (broad SMARTS) is 1. The normalized spacial score (nSPS) is 13.4. The molecule has 0 heterocycles. The molecule has 0 unspecified atom stereocenters. The minimum absolute atomic E-state index is 0.0694. The molecule has 2 aromatic carbocycles. The van der Waals surface area contributed by atoms with Crippen molar-refractivity contribution in [2.45, 2.75) is 45.1 Å². The first-order valence-corrected chi connectivity index (χ1v) is 9.20. The van der Waals surface area contributed by atoms with E-state index in [1.165, 1.54) is 0 Å². The molecule has 146 valence electrons. The highest BCUT2D eigenvalue weighted by Gasteiger charge is 2.20. The molecule has 0 spiro atoms. The third-order valence-corrected chi connectivity index (χ3v) is 4.08. The van der Waals surface area contributed by atoms with Crippen LogP contribution in [0.5, 0.6) is 5.75 Å². The van der Waals surface area contributed by atoms with Gasteiger partial charge < -0.3 is 14.6 Å². The van der Waals surface area contributed by atoms with E-state index in [0.29, 0.717) is 10.8 Å². The molecular weight excluding hydrogens is 371 g/mol. The zero-order valence-electron chi connectivity index (χ0n) is 15.4. The topological polar surface area (TPSA) is 55.8 Å². The molecule has 0 aliphatic heterocycles. The highest BCUT2D eigenvalue weighted by atomic mass is 35.5. The fourth-order valence-corrected chi connectivity index (χ4v) is 2.78. The summed E-state index contributed by atoms with van der Waals surface area (Å²) in [6.07, 6.45) is -1.87. The Bertz CT molecular complexity index is 733. The van der Waals surface area contributed by atoms with E-state index < -0.39 is 18.2 Å². The predicted molar refractivity (Wildman–Crippen MR) is 103 cm³/mol. The molecule has 2 atom stereocenters. The summed E-state index contributed by atoms with van der Waals surface area (Å²) in [5.41, 5.74) is 1.58. The van der Waals surface area contributed by atoms with Crippen LogP contribution in [-0.2, 0) is 22.4 Å². The summed E-state index contributed by atoms with van der Waals surface area (Å²) in [5, 5.41) is 9.88. The van der Waals surface area contributed by atoms with Crippen LogP contribution in [0.3, 0.4) is 0 Å². The smallest absolute Gasteiger partial charge is 0.333 e. The second-order valence-corrected chi connectivity index (χ2v) is 7.04. The summed E-state index contributed by atoms with van der Waals surface area (Å²) < 4.78 is 25.1. The number of halogens is 2. The third-order valence-electron chi connectivity index (χ3n) is 3.83. The monoisotopic (exact) mass is 394 g/mol. The van der Waals surface area contributed by atoms with Gasteiger partial charge in [-0.15, -0.1) is 0 Å². The van der Waals surface area contributed by atoms with Crippen molar-refractivity contribution in [3.05, 3.63) is 64.7 Å². The maximum absolute atomic E-state index is 14.3. The van der Waals surface area contributed by atoms with E-state index in [2.05, 4.69) is 0 Å². The SMILES string of the molecule is CC(C)O[C@@H](Cc1cccc(C[C@@H](F)COc2ccc(Cl)cc2)c1)C(=O)O. The lowest BCUT2D eigenvalue weighted by molar-refractivity contribution is -0.153. The molecule has 0 radical (unpaired) electrons. The first kappa shape index (κ1) is 21.2. The molecule has 0 saturated heterocycles. The number of ether oxygens (including phenoxy) is 2. The van der Waals surface area contributed by atoms with Gasteiger partial charge in [-0.3, -0.25) is 0 Å². The van der Waals surface area contributed by atoms with Crippen molar-refractivity contribution in [1.82, 2.24) is 0 Å². The summed E-state index contributed by atoms with van der Waals surface area (Å²) in [7, 11) is 0. The second-order valence-electron chi connectivity index (χ2n) is 6.60. The van der Waals surface area contributed by atoms with Crippen molar-refractivity contribution in [1.29, 1.82) is 0 Å². The van der Waals surface area contributed by atoms with E-state index >= 15 is 0 Å². The van der Waals surface area contributed by atoms with Crippen molar-refractivity contribution < 1.29 is 23.8 Å². The summed E-state index contributed by atoms with van der Waals surface area (Å²) in [4.78, 5) is 11.3. The lowest BCUT2D eigenvalue weighted by Crippen LogP contribution is -2.29. The van der Waals surface area contributed by atoms with E-state index in [1.807, 2.05) is 18.2 Å². The Morgan fingerprint density at radius 1 is 1.11 bits per heavy atom. The van der Waals surface area contributed by atoms with E-state index in [9.17, 15) is 14.3 Å². The Kier molecular flexibility index (Phi) is 8.07. The summed E-state index contributed by atoms with van der Waals surface area (Å²) in [6.45, 7) is 3.52. The maximum atomic E-state index is 14.3. The third kappa shape index (κ3) is 7.57. The Hall–Kier alpha value is -2.11. The van der Waals surface area contributed by atoms with Crippen LogP contribution in [0.15, 0.2) is 48.5 Å². The van der Waals surface area contributed by atoms with Crippen molar-refractivity contribution in [3.8, 4) is 5.75 Å². The van der Waals surface area contributed by atoms with Crippen molar-refractivity contribution in [2.75, 3.05) is 6.61 Å². The zero-order chi connectivity index (χ0) is 19.8. The van der Waals surface area contributed by atoms with Gasteiger partial charge in [0.2, 0.25) is 0 Å². The van der Waals surface area contributed by atoms with Gasteiger partial charge in [0.05, 0.1) is 6.10 Å². The molecule has 2 rings (SSSR count). The average molecular weight is 395 g/mol. The molecular formula is C21H24ClFO4. The van der Waals surface area contributed by atoms with E-state index in [1.54, 1.807) is 44.2 Å². The van der Waals surface area contributed by atoms with Gasteiger partial charge in [-0.25, -0.2) is 9.18 Å². The molecule has 0 saturated carbocycles. The van der Waals surface area contributed by atoms with Gasteiger partial charge in [0, 0.05) is 17.9 Å². The van der Waals surface area contributed by atoms with Crippen LogP contribution in [0.1, 0.15) is 25.0 Å². The van der Waals surface area contributed by atoms with Crippen LogP contribution < -0.4 is 4.74 Å². The highest BCUT2D eigenvalue weighted by molar-refractivity contribution is 6.30.